The smallest absolute Gasteiger partial charge is 0.251 e. The third-order valence-corrected chi connectivity index (χ3v) is 5.93. The number of hydrogen-bond acceptors (Lipinski definition) is 6. The van der Waals surface area contributed by atoms with Crippen LogP contribution < -0.4 is 21.3 Å². The Hall–Kier alpha value is -5.12. The van der Waals surface area contributed by atoms with E-state index in [1.807, 2.05) is 0 Å². The second kappa shape index (κ2) is 14.1. The van der Waals surface area contributed by atoms with Gasteiger partial charge in [-0.2, -0.15) is 0 Å². The molecule has 0 aliphatic carbocycles. The number of carbonyl (C=O) groups is 4. The van der Waals surface area contributed by atoms with Crippen molar-refractivity contribution in [3.05, 3.63) is 108 Å². The molecule has 4 amide bonds. The molecule has 4 rings (SSSR count). The lowest BCUT2D eigenvalue weighted by Gasteiger charge is -2.08. The highest BCUT2D eigenvalue weighted by Gasteiger charge is 2.10. The minimum Gasteiger partial charge on any atom is -0.467 e. The van der Waals surface area contributed by atoms with E-state index in [1.165, 1.54) is 0 Å². The molecule has 10 nitrogen and oxygen atoms in total. The summed E-state index contributed by atoms with van der Waals surface area (Å²) >= 11 is 0. The van der Waals surface area contributed by atoms with Crippen LogP contribution in [0.5, 0.6) is 0 Å². The van der Waals surface area contributed by atoms with Gasteiger partial charge in [0.1, 0.15) is 11.5 Å². The van der Waals surface area contributed by atoms with Crippen LogP contribution in [0.4, 0.5) is 11.4 Å². The van der Waals surface area contributed by atoms with E-state index in [1.54, 1.807) is 85.3 Å². The van der Waals surface area contributed by atoms with Crippen LogP contribution in [0.15, 0.2) is 94.2 Å². The predicted molar refractivity (Wildman–Crippen MR) is 148 cm³/mol. The lowest BCUT2D eigenvalue weighted by Crippen LogP contribution is -2.22. The van der Waals surface area contributed by atoms with Crippen molar-refractivity contribution >= 4 is 35.0 Å². The second-order valence-electron chi connectivity index (χ2n) is 8.98. The molecule has 10 heteroatoms. The van der Waals surface area contributed by atoms with E-state index in [2.05, 4.69) is 21.3 Å². The van der Waals surface area contributed by atoms with Crippen LogP contribution in [-0.4, -0.2) is 23.6 Å². The lowest BCUT2D eigenvalue weighted by molar-refractivity contribution is -0.118. The second-order valence-corrected chi connectivity index (χ2v) is 8.98. The van der Waals surface area contributed by atoms with E-state index in [4.69, 9.17) is 8.83 Å². The van der Waals surface area contributed by atoms with Gasteiger partial charge in [0.15, 0.2) is 0 Å². The molecule has 40 heavy (non-hydrogen) atoms. The summed E-state index contributed by atoms with van der Waals surface area (Å²) in [5, 5.41) is 11.1. The van der Waals surface area contributed by atoms with Gasteiger partial charge in [-0.25, -0.2) is 0 Å². The average molecular weight is 543 g/mol. The van der Waals surface area contributed by atoms with E-state index in [0.717, 1.165) is 0 Å². The van der Waals surface area contributed by atoms with Crippen molar-refractivity contribution < 1.29 is 28.0 Å². The molecular weight excluding hydrogens is 512 g/mol. The van der Waals surface area contributed by atoms with Gasteiger partial charge < -0.3 is 30.1 Å². The monoisotopic (exact) mass is 542 g/mol. The third kappa shape index (κ3) is 8.73. The fraction of sp³-hybridized carbons (Fsp3) is 0.200. The Labute approximate surface area is 231 Å². The average Bonchev–Trinajstić information content (AvgIpc) is 3.68. The van der Waals surface area contributed by atoms with Gasteiger partial charge in [-0.1, -0.05) is 0 Å². The molecule has 0 radical (unpaired) electrons. The first-order valence-corrected chi connectivity index (χ1v) is 12.9. The number of furan rings is 2. The topological polar surface area (TPSA) is 143 Å². The summed E-state index contributed by atoms with van der Waals surface area (Å²) < 4.78 is 10.4. The summed E-state index contributed by atoms with van der Waals surface area (Å²) in [7, 11) is 0. The van der Waals surface area contributed by atoms with Crippen molar-refractivity contribution in [1.82, 2.24) is 10.6 Å². The highest BCUT2D eigenvalue weighted by atomic mass is 16.3. The van der Waals surface area contributed by atoms with E-state index >= 15 is 0 Å². The van der Waals surface area contributed by atoms with E-state index in [9.17, 15) is 19.2 Å². The van der Waals surface area contributed by atoms with Crippen molar-refractivity contribution in [3.8, 4) is 0 Å². The number of nitrogens with one attached hydrogen (secondary N) is 4. The van der Waals surface area contributed by atoms with E-state index in [-0.39, 0.29) is 36.5 Å². The van der Waals surface area contributed by atoms with Crippen molar-refractivity contribution in [2.24, 2.45) is 0 Å². The summed E-state index contributed by atoms with van der Waals surface area (Å²) in [4.78, 5) is 49.0. The highest BCUT2D eigenvalue weighted by molar-refractivity contribution is 5.96. The van der Waals surface area contributed by atoms with E-state index < -0.39 is 0 Å². The molecule has 2 heterocycles. The molecule has 0 unspecified atom stereocenters. The maximum absolute atomic E-state index is 12.3. The van der Waals surface area contributed by atoms with Crippen LogP contribution in [0.1, 0.15) is 57.9 Å². The Kier molecular flexibility index (Phi) is 9.87. The first-order chi connectivity index (χ1) is 19.5. The summed E-state index contributed by atoms with van der Waals surface area (Å²) in [6.07, 6.45) is 4.70. The van der Waals surface area contributed by atoms with Gasteiger partial charge in [0, 0.05) is 35.3 Å². The quantitative estimate of drug-likeness (QED) is 0.178. The molecule has 2 aromatic carbocycles. The van der Waals surface area contributed by atoms with Gasteiger partial charge in [0.05, 0.1) is 25.6 Å². The zero-order valence-corrected chi connectivity index (χ0v) is 21.8. The Morgan fingerprint density at radius 3 is 1.30 bits per heavy atom. The van der Waals surface area contributed by atoms with Gasteiger partial charge >= 0.3 is 0 Å². The SMILES string of the molecule is O=C(CCCCC(=O)Nc1ccc(C(=O)NCc2ccco2)cc1)Nc1ccc(C(=O)NCc2ccco2)cc1. The first-order valence-electron chi connectivity index (χ1n) is 12.9. The van der Waals surface area contributed by atoms with Crippen LogP contribution >= 0.6 is 0 Å². The number of rotatable bonds is 13. The van der Waals surface area contributed by atoms with Gasteiger partial charge in [-0.05, 0) is 85.6 Å². The van der Waals surface area contributed by atoms with Crippen LogP contribution in [0.2, 0.25) is 0 Å². The normalized spacial score (nSPS) is 10.5. The molecule has 0 fully saturated rings. The molecule has 0 atom stereocenters. The number of amides is 4. The van der Waals surface area contributed by atoms with Gasteiger partial charge in [-0.15, -0.1) is 0 Å². The van der Waals surface area contributed by atoms with Crippen LogP contribution in [0.3, 0.4) is 0 Å². The number of carbonyl (C=O) groups excluding carboxylic acids is 4. The molecule has 2 aromatic heterocycles. The largest absolute Gasteiger partial charge is 0.467 e. The summed E-state index contributed by atoms with van der Waals surface area (Å²) in [5.74, 6) is 0.498. The minimum atomic E-state index is -0.241. The molecule has 0 spiro atoms. The van der Waals surface area contributed by atoms with Crippen LogP contribution in [0.25, 0.3) is 0 Å². The number of benzene rings is 2. The highest BCUT2D eigenvalue weighted by Crippen LogP contribution is 2.13. The van der Waals surface area contributed by atoms with Gasteiger partial charge in [0.2, 0.25) is 11.8 Å². The minimum absolute atomic E-state index is 0.170. The zero-order chi connectivity index (χ0) is 28.2. The van der Waals surface area contributed by atoms with E-state index in [0.29, 0.717) is 60.0 Å². The number of hydrogen-bond donors (Lipinski definition) is 4. The fourth-order valence-electron chi connectivity index (χ4n) is 3.79. The fourth-order valence-corrected chi connectivity index (χ4v) is 3.79. The Bertz CT molecular complexity index is 1290. The van der Waals surface area contributed by atoms with Crippen molar-refractivity contribution in [3.63, 3.8) is 0 Å². The predicted octanol–water partition coefficient (Wildman–Crippen LogP) is 4.87. The lowest BCUT2D eigenvalue weighted by atomic mass is 10.1. The Morgan fingerprint density at radius 1 is 0.550 bits per heavy atom. The van der Waals surface area contributed by atoms with Gasteiger partial charge in [-0.3, -0.25) is 19.2 Å². The molecule has 0 aliphatic rings. The first kappa shape index (κ1) is 27.9. The Morgan fingerprint density at radius 2 is 0.950 bits per heavy atom. The molecule has 206 valence electrons. The molecule has 0 aliphatic heterocycles. The van der Waals surface area contributed by atoms with Crippen molar-refractivity contribution in [2.75, 3.05) is 10.6 Å². The van der Waals surface area contributed by atoms with Crippen molar-refractivity contribution in [2.45, 2.75) is 38.8 Å². The Balaban J connectivity index is 1.10. The molecule has 4 aromatic rings. The van der Waals surface area contributed by atoms with Crippen LogP contribution in [0, 0.1) is 0 Å². The summed E-state index contributed by atoms with van der Waals surface area (Å²) in [5.41, 5.74) is 2.11. The molecule has 4 N–H and O–H groups in total. The molecule has 0 saturated heterocycles. The molecular formula is C30H30N4O6. The molecule has 0 saturated carbocycles. The van der Waals surface area contributed by atoms with Crippen LogP contribution in [-0.2, 0) is 22.7 Å². The zero-order valence-electron chi connectivity index (χ0n) is 21.8. The van der Waals surface area contributed by atoms with Gasteiger partial charge in [0.25, 0.3) is 11.8 Å². The number of unbranched alkanes of at least 4 members (excludes halogenated alkanes) is 1. The summed E-state index contributed by atoms with van der Waals surface area (Å²) in [6.45, 7) is 0.585. The molecule has 0 bridgehead atoms. The third-order valence-electron chi connectivity index (χ3n) is 5.93. The maximum atomic E-state index is 12.3. The van der Waals surface area contributed by atoms with Crippen molar-refractivity contribution in [1.29, 1.82) is 0 Å². The number of anilines is 2. The summed E-state index contributed by atoms with van der Waals surface area (Å²) in [6, 6.07) is 20.3. The maximum Gasteiger partial charge on any atom is 0.251 e. The standard InChI is InChI=1S/C30H30N4O6/c35-27(33-23-13-9-21(10-14-23)29(37)31-19-25-5-3-17-39-25)7-1-2-8-28(36)34-24-15-11-22(12-16-24)30(38)32-20-26-6-4-18-40-26/h3-6,9-18H,1-2,7-8,19-20H2,(H,31,37)(H,32,38)(H,33,35)(H,34,36).